The molecule has 1 N–H and O–H groups in total. The Bertz CT molecular complexity index is 554. The maximum Gasteiger partial charge on any atom is 0.159 e. The van der Waals surface area contributed by atoms with Crippen molar-refractivity contribution < 1.29 is 8.78 Å². The van der Waals surface area contributed by atoms with Gasteiger partial charge in [0.1, 0.15) is 0 Å². The van der Waals surface area contributed by atoms with E-state index in [-0.39, 0.29) is 12.0 Å². The Balaban J connectivity index is 2.13. The molecule has 0 radical (unpaired) electrons. The maximum absolute atomic E-state index is 13.2. The highest BCUT2D eigenvalue weighted by atomic mass is 19.2. The molecule has 0 aliphatic heterocycles. The molecule has 0 fully saturated rings. The Morgan fingerprint density at radius 2 is 1.70 bits per heavy atom. The Morgan fingerprint density at radius 3 is 2.30 bits per heavy atom. The predicted octanol–water partition coefficient (Wildman–Crippen LogP) is 4.10. The van der Waals surface area contributed by atoms with E-state index in [1.165, 1.54) is 17.7 Å². The summed E-state index contributed by atoms with van der Waals surface area (Å²) in [5.41, 5.74) is 2.01. The van der Waals surface area contributed by atoms with Crippen LogP contribution in [-0.2, 0) is 6.42 Å². The Morgan fingerprint density at radius 1 is 1.00 bits per heavy atom. The van der Waals surface area contributed by atoms with Gasteiger partial charge in [0.05, 0.1) is 0 Å². The van der Waals surface area contributed by atoms with Gasteiger partial charge >= 0.3 is 0 Å². The van der Waals surface area contributed by atoms with Crippen molar-refractivity contribution >= 4 is 0 Å². The third kappa shape index (κ3) is 3.42. The van der Waals surface area contributed by atoms with Gasteiger partial charge in [0.25, 0.3) is 0 Å². The first-order valence-corrected chi connectivity index (χ1v) is 6.78. The van der Waals surface area contributed by atoms with Crippen LogP contribution in [0.3, 0.4) is 0 Å². The van der Waals surface area contributed by atoms with Crippen LogP contribution in [0, 0.1) is 17.6 Å². The normalized spacial score (nSPS) is 14.0. The van der Waals surface area contributed by atoms with Gasteiger partial charge in [0.2, 0.25) is 0 Å². The van der Waals surface area contributed by atoms with E-state index in [0.29, 0.717) is 6.42 Å². The number of halogens is 2. The van der Waals surface area contributed by atoms with Crippen LogP contribution in [0.4, 0.5) is 8.78 Å². The molecule has 0 heterocycles. The molecule has 3 heteroatoms. The predicted molar refractivity (Wildman–Crippen MR) is 77.5 cm³/mol. The average molecular weight is 275 g/mol. The molecule has 0 aromatic heterocycles. The van der Waals surface area contributed by atoms with E-state index in [9.17, 15) is 8.78 Å². The van der Waals surface area contributed by atoms with Gasteiger partial charge in [-0.15, -0.1) is 0 Å². The van der Waals surface area contributed by atoms with Crippen molar-refractivity contribution in [2.24, 2.45) is 5.92 Å². The lowest BCUT2D eigenvalue weighted by Gasteiger charge is -2.24. The summed E-state index contributed by atoms with van der Waals surface area (Å²) in [5.74, 6) is -1.31. The van der Waals surface area contributed by atoms with Crippen molar-refractivity contribution in [2.75, 3.05) is 7.05 Å². The topological polar surface area (TPSA) is 12.0 Å². The molecule has 0 spiro atoms. The molecule has 0 bridgehead atoms. The third-order valence-corrected chi connectivity index (χ3v) is 3.58. The summed E-state index contributed by atoms with van der Waals surface area (Å²) >= 11 is 0. The molecule has 106 valence electrons. The highest BCUT2D eigenvalue weighted by molar-refractivity contribution is 5.22. The van der Waals surface area contributed by atoms with Gasteiger partial charge in [-0.1, -0.05) is 43.3 Å². The van der Waals surface area contributed by atoms with Gasteiger partial charge in [-0.25, -0.2) is 8.78 Å². The van der Waals surface area contributed by atoms with Crippen molar-refractivity contribution in [1.29, 1.82) is 0 Å². The van der Waals surface area contributed by atoms with E-state index in [1.807, 2.05) is 25.2 Å². The lowest BCUT2D eigenvalue weighted by Crippen LogP contribution is -2.24. The van der Waals surface area contributed by atoms with Crippen molar-refractivity contribution in [3.8, 4) is 0 Å². The maximum atomic E-state index is 13.2. The zero-order chi connectivity index (χ0) is 14.5. The first-order valence-electron chi connectivity index (χ1n) is 6.78. The zero-order valence-corrected chi connectivity index (χ0v) is 11.7. The Kier molecular flexibility index (Phi) is 4.85. The van der Waals surface area contributed by atoms with Crippen molar-refractivity contribution in [1.82, 2.24) is 5.32 Å². The average Bonchev–Trinajstić information content (AvgIpc) is 2.45. The first-order chi connectivity index (χ1) is 9.61. The number of hydrogen-bond donors (Lipinski definition) is 1. The summed E-state index contributed by atoms with van der Waals surface area (Å²) in [6.07, 6.45) is 0.692. The number of benzene rings is 2. The standard InChI is InChI=1S/C17H19F2N/c1-12(10-13-8-9-15(18)16(19)11-13)17(20-2)14-6-4-3-5-7-14/h3-9,11-12,17,20H,10H2,1-2H3. The van der Waals surface area contributed by atoms with Crippen LogP contribution >= 0.6 is 0 Å². The van der Waals surface area contributed by atoms with Crippen LogP contribution in [0.2, 0.25) is 0 Å². The van der Waals surface area contributed by atoms with E-state index in [0.717, 1.165) is 5.56 Å². The summed E-state index contributed by atoms with van der Waals surface area (Å²) < 4.78 is 26.2. The lowest BCUT2D eigenvalue weighted by atomic mass is 9.89. The molecule has 2 atom stereocenters. The molecule has 2 aromatic carbocycles. The lowest BCUT2D eigenvalue weighted by molar-refractivity contribution is 0.407. The molecule has 2 rings (SSSR count). The fourth-order valence-corrected chi connectivity index (χ4v) is 2.60. The summed E-state index contributed by atoms with van der Waals surface area (Å²) in [6.45, 7) is 2.11. The molecule has 0 amide bonds. The third-order valence-electron chi connectivity index (χ3n) is 3.58. The van der Waals surface area contributed by atoms with Crippen LogP contribution in [0.1, 0.15) is 24.1 Å². The summed E-state index contributed by atoms with van der Waals surface area (Å²) in [4.78, 5) is 0. The summed E-state index contributed by atoms with van der Waals surface area (Å²) in [5, 5.41) is 3.30. The van der Waals surface area contributed by atoms with E-state index in [2.05, 4.69) is 24.4 Å². The minimum absolute atomic E-state index is 0.185. The molecule has 20 heavy (non-hydrogen) atoms. The van der Waals surface area contributed by atoms with Gasteiger partial charge in [-0.05, 0) is 42.6 Å². The van der Waals surface area contributed by atoms with Crippen molar-refractivity contribution in [3.05, 3.63) is 71.3 Å². The van der Waals surface area contributed by atoms with E-state index in [1.54, 1.807) is 6.07 Å². The largest absolute Gasteiger partial charge is 0.313 e. The second-order valence-electron chi connectivity index (χ2n) is 5.11. The zero-order valence-electron chi connectivity index (χ0n) is 11.7. The first kappa shape index (κ1) is 14.7. The highest BCUT2D eigenvalue weighted by Gasteiger charge is 2.18. The molecular weight excluding hydrogens is 256 g/mol. The van der Waals surface area contributed by atoms with Gasteiger partial charge in [0.15, 0.2) is 11.6 Å². The van der Waals surface area contributed by atoms with E-state index >= 15 is 0 Å². The monoisotopic (exact) mass is 275 g/mol. The van der Waals surface area contributed by atoms with Gasteiger partial charge in [-0.3, -0.25) is 0 Å². The number of hydrogen-bond acceptors (Lipinski definition) is 1. The van der Waals surface area contributed by atoms with Gasteiger partial charge in [0, 0.05) is 6.04 Å². The highest BCUT2D eigenvalue weighted by Crippen LogP contribution is 2.25. The fourth-order valence-electron chi connectivity index (χ4n) is 2.60. The van der Waals surface area contributed by atoms with Crippen LogP contribution in [-0.4, -0.2) is 7.05 Å². The second-order valence-corrected chi connectivity index (χ2v) is 5.11. The van der Waals surface area contributed by atoms with Gasteiger partial charge < -0.3 is 5.32 Å². The van der Waals surface area contributed by atoms with Crippen LogP contribution < -0.4 is 5.32 Å². The quantitative estimate of drug-likeness (QED) is 0.866. The second kappa shape index (κ2) is 6.62. The molecule has 0 saturated carbocycles. The van der Waals surface area contributed by atoms with Crippen LogP contribution in [0.15, 0.2) is 48.5 Å². The molecular formula is C17H19F2N. The Hall–Kier alpha value is -1.74. The van der Waals surface area contributed by atoms with Crippen molar-refractivity contribution in [2.45, 2.75) is 19.4 Å². The Labute approximate surface area is 118 Å². The molecule has 0 saturated heterocycles. The SMILES string of the molecule is CNC(c1ccccc1)C(C)Cc1ccc(F)c(F)c1. The molecule has 0 aliphatic carbocycles. The molecule has 2 unspecified atom stereocenters. The summed E-state index contributed by atoms with van der Waals surface area (Å²) in [6, 6.07) is 14.4. The number of nitrogens with one attached hydrogen (secondary N) is 1. The van der Waals surface area contributed by atoms with Gasteiger partial charge in [-0.2, -0.15) is 0 Å². The van der Waals surface area contributed by atoms with Crippen LogP contribution in [0.5, 0.6) is 0 Å². The number of rotatable bonds is 5. The van der Waals surface area contributed by atoms with Crippen molar-refractivity contribution in [3.63, 3.8) is 0 Å². The van der Waals surface area contributed by atoms with Crippen LogP contribution in [0.25, 0.3) is 0 Å². The summed E-state index contributed by atoms with van der Waals surface area (Å²) in [7, 11) is 1.92. The minimum atomic E-state index is -0.797. The molecule has 0 aliphatic rings. The molecule has 1 nitrogen and oxygen atoms in total. The minimum Gasteiger partial charge on any atom is -0.313 e. The smallest absolute Gasteiger partial charge is 0.159 e. The van der Waals surface area contributed by atoms with E-state index < -0.39 is 11.6 Å². The fraction of sp³-hybridized carbons (Fsp3) is 0.294. The van der Waals surface area contributed by atoms with E-state index in [4.69, 9.17) is 0 Å². The molecule has 2 aromatic rings.